The maximum Gasteiger partial charge on any atom is 0.243 e. The molecule has 0 atom stereocenters. The Morgan fingerprint density at radius 2 is 1.27 bits per heavy atom. The van der Waals surface area contributed by atoms with Gasteiger partial charge in [0.2, 0.25) is 23.8 Å². The predicted molar refractivity (Wildman–Crippen MR) is 132 cm³/mol. The summed E-state index contributed by atoms with van der Waals surface area (Å²) in [5.41, 5.74) is 4.55. The molecule has 4 rings (SSSR count). The number of aromatic nitrogens is 3. The second kappa shape index (κ2) is 10.2. The fourth-order valence-electron chi connectivity index (χ4n) is 3.09. The summed E-state index contributed by atoms with van der Waals surface area (Å²) in [5, 5.41) is 12.3. The van der Waals surface area contributed by atoms with Gasteiger partial charge >= 0.3 is 0 Å². The number of benzene rings is 3. The van der Waals surface area contributed by atoms with Crippen LogP contribution in [0.3, 0.4) is 0 Å². The summed E-state index contributed by atoms with van der Waals surface area (Å²) in [4.78, 5) is 25.8. The van der Waals surface area contributed by atoms with Crippen LogP contribution in [-0.4, -0.2) is 27.4 Å². The van der Waals surface area contributed by atoms with Crippen LogP contribution in [0.5, 0.6) is 0 Å². The lowest BCUT2D eigenvalue weighted by Crippen LogP contribution is -2.23. The summed E-state index contributed by atoms with van der Waals surface area (Å²) >= 11 is 0. The number of para-hydroxylation sites is 2. The van der Waals surface area contributed by atoms with E-state index in [9.17, 15) is 4.79 Å². The Labute approximate surface area is 192 Å². The summed E-state index contributed by atoms with van der Waals surface area (Å²) in [6, 6.07) is 25.1. The van der Waals surface area contributed by atoms with Gasteiger partial charge in [0.1, 0.15) is 0 Å². The van der Waals surface area contributed by atoms with Gasteiger partial charge in [0, 0.05) is 17.1 Å². The zero-order chi connectivity index (χ0) is 23.0. The van der Waals surface area contributed by atoms with E-state index in [2.05, 4.69) is 36.2 Å². The third-order valence-electron chi connectivity index (χ3n) is 4.77. The zero-order valence-corrected chi connectivity index (χ0v) is 18.5. The first-order valence-corrected chi connectivity index (χ1v) is 10.6. The molecule has 8 heteroatoms. The minimum absolute atomic E-state index is 0.00689. The number of hydrogen-bond acceptors (Lipinski definition) is 7. The van der Waals surface area contributed by atoms with Gasteiger partial charge in [-0.1, -0.05) is 48.5 Å². The van der Waals surface area contributed by atoms with E-state index >= 15 is 0 Å². The average Bonchev–Trinajstić information content (AvgIpc) is 2.81. The van der Waals surface area contributed by atoms with E-state index in [1.807, 2.05) is 92.7 Å². The Morgan fingerprint density at radius 1 is 0.727 bits per heavy atom. The lowest BCUT2D eigenvalue weighted by molar-refractivity contribution is -0.114. The van der Waals surface area contributed by atoms with Crippen molar-refractivity contribution in [3.63, 3.8) is 0 Å². The number of amides is 1. The first-order valence-electron chi connectivity index (χ1n) is 10.6. The van der Waals surface area contributed by atoms with Crippen molar-refractivity contribution in [1.82, 2.24) is 15.0 Å². The van der Waals surface area contributed by atoms with E-state index in [-0.39, 0.29) is 18.4 Å². The molecule has 0 unspecified atom stereocenters. The van der Waals surface area contributed by atoms with Crippen LogP contribution in [0.15, 0.2) is 78.9 Å². The fraction of sp³-hybridized carbons (Fsp3) is 0.120. The quantitative estimate of drug-likeness (QED) is 0.305. The minimum atomic E-state index is -0.195. The number of carbonyl (C=O) groups excluding carboxylic acids is 1. The number of nitrogens with zero attached hydrogens (tertiary/aromatic N) is 3. The molecule has 166 valence electrons. The molecule has 0 radical (unpaired) electrons. The molecule has 0 bridgehead atoms. The van der Waals surface area contributed by atoms with Gasteiger partial charge in [-0.15, -0.1) is 0 Å². The van der Waals surface area contributed by atoms with Crippen LogP contribution in [0.25, 0.3) is 0 Å². The molecule has 4 aromatic rings. The highest BCUT2D eigenvalue weighted by molar-refractivity contribution is 5.94. The van der Waals surface area contributed by atoms with Gasteiger partial charge in [-0.3, -0.25) is 4.79 Å². The normalized spacial score (nSPS) is 10.4. The van der Waals surface area contributed by atoms with Gasteiger partial charge in [0.15, 0.2) is 0 Å². The van der Waals surface area contributed by atoms with Crippen LogP contribution in [-0.2, 0) is 4.79 Å². The summed E-state index contributed by atoms with van der Waals surface area (Å²) in [6.07, 6.45) is 0. The molecule has 0 fully saturated rings. The van der Waals surface area contributed by atoms with Crippen molar-refractivity contribution in [2.24, 2.45) is 0 Å². The molecule has 0 spiro atoms. The molecule has 33 heavy (non-hydrogen) atoms. The summed E-state index contributed by atoms with van der Waals surface area (Å²) in [5.74, 6) is 0.788. The molecule has 0 aliphatic rings. The number of anilines is 6. The van der Waals surface area contributed by atoms with Gasteiger partial charge in [-0.2, -0.15) is 15.0 Å². The number of hydrogen-bond donors (Lipinski definition) is 4. The smallest absolute Gasteiger partial charge is 0.243 e. The zero-order valence-electron chi connectivity index (χ0n) is 18.5. The van der Waals surface area contributed by atoms with E-state index in [4.69, 9.17) is 0 Å². The van der Waals surface area contributed by atoms with Crippen molar-refractivity contribution in [2.75, 3.05) is 27.8 Å². The second-order valence-corrected chi connectivity index (χ2v) is 7.51. The molecule has 0 aliphatic heterocycles. The largest absolute Gasteiger partial charge is 0.345 e. The molecule has 4 N–H and O–H groups in total. The van der Waals surface area contributed by atoms with Crippen molar-refractivity contribution in [1.29, 1.82) is 0 Å². The van der Waals surface area contributed by atoms with E-state index in [0.29, 0.717) is 11.9 Å². The number of aryl methyl sites for hydroxylation is 2. The van der Waals surface area contributed by atoms with Gasteiger partial charge in [0.25, 0.3) is 0 Å². The fourth-order valence-corrected chi connectivity index (χ4v) is 3.09. The minimum Gasteiger partial charge on any atom is -0.345 e. The average molecular weight is 440 g/mol. The maximum atomic E-state index is 12.5. The van der Waals surface area contributed by atoms with E-state index in [0.717, 1.165) is 28.2 Å². The lowest BCUT2D eigenvalue weighted by atomic mass is 10.1. The van der Waals surface area contributed by atoms with Gasteiger partial charge in [-0.05, 0) is 55.3 Å². The highest BCUT2D eigenvalue weighted by Crippen LogP contribution is 2.19. The Balaban J connectivity index is 1.50. The molecule has 0 aliphatic carbocycles. The predicted octanol–water partition coefficient (Wildman–Crippen LogP) is 5.03. The Bertz CT molecular complexity index is 1170. The Hall–Kier alpha value is -4.46. The summed E-state index contributed by atoms with van der Waals surface area (Å²) in [6.45, 7) is 3.95. The molecule has 1 heterocycles. The third kappa shape index (κ3) is 6.27. The van der Waals surface area contributed by atoms with Crippen LogP contribution in [0.4, 0.5) is 34.9 Å². The molecular formula is C25H25N7O. The molecule has 1 amide bonds. The Morgan fingerprint density at radius 3 is 1.85 bits per heavy atom. The first kappa shape index (κ1) is 21.8. The van der Waals surface area contributed by atoms with E-state index < -0.39 is 0 Å². The first-order chi connectivity index (χ1) is 16.0. The molecule has 8 nitrogen and oxygen atoms in total. The van der Waals surface area contributed by atoms with Crippen LogP contribution in [0, 0.1) is 13.8 Å². The van der Waals surface area contributed by atoms with Crippen LogP contribution in [0.1, 0.15) is 11.1 Å². The molecular weight excluding hydrogens is 414 g/mol. The van der Waals surface area contributed by atoms with Crippen molar-refractivity contribution in [2.45, 2.75) is 13.8 Å². The molecule has 0 saturated heterocycles. The van der Waals surface area contributed by atoms with Crippen LogP contribution < -0.4 is 21.3 Å². The van der Waals surface area contributed by atoms with Crippen molar-refractivity contribution in [3.05, 3.63) is 90.0 Å². The monoisotopic (exact) mass is 439 g/mol. The number of carbonyl (C=O) groups is 1. The van der Waals surface area contributed by atoms with Gasteiger partial charge in [-0.25, -0.2) is 0 Å². The topological polar surface area (TPSA) is 104 Å². The summed E-state index contributed by atoms with van der Waals surface area (Å²) in [7, 11) is 0. The van der Waals surface area contributed by atoms with Crippen LogP contribution in [0.2, 0.25) is 0 Å². The molecule has 0 saturated carbocycles. The SMILES string of the molecule is Cc1ccc(C)c(NC(=O)CNc2nc(Nc3ccccc3)nc(Nc3ccccc3)n2)c1. The standard InChI is InChI=1S/C25H25N7O/c1-17-13-14-18(2)21(15-17)29-22(33)16-26-23-30-24(27-19-9-5-3-6-10-19)32-25(31-23)28-20-11-7-4-8-12-20/h3-15H,16H2,1-2H3,(H,29,33)(H3,26,27,28,30,31,32). The lowest BCUT2D eigenvalue weighted by Gasteiger charge is -2.12. The Kier molecular flexibility index (Phi) is 6.75. The van der Waals surface area contributed by atoms with Crippen molar-refractivity contribution in [3.8, 4) is 0 Å². The third-order valence-corrected chi connectivity index (χ3v) is 4.77. The second-order valence-electron chi connectivity index (χ2n) is 7.51. The highest BCUT2D eigenvalue weighted by Gasteiger charge is 2.10. The van der Waals surface area contributed by atoms with Crippen molar-refractivity contribution >= 4 is 40.8 Å². The molecule has 1 aromatic heterocycles. The molecule has 3 aromatic carbocycles. The maximum absolute atomic E-state index is 12.5. The van der Waals surface area contributed by atoms with E-state index in [1.54, 1.807) is 0 Å². The van der Waals surface area contributed by atoms with Crippen molar-refractivity contribution < 1.29 is 4.79 Å². The van der Waals surface area contributed by atoms with Crippen LogP contribution >= 0.6 is 0 Å². The van der Waals surface area contributed by atoms with E-state index in [1.165, 1.54) is 0 Å². The van der Waals surface area contributed by atoms with Gasteiger partial charge in [0.05, 0.1) is 6.54 Å². The number of rotatable bonds is 8. The van der Waals surface area contributed by atoms with Gasteiger partial charge < -0.3 is 21.3 Å². The number of nitrogens with one attached hydrogen (secondary N) is 4. The highest BCUT2D eigenvalue weighted by atomic mass is 16.1. The summed E-state index contributed by atoms with van der Waals surface area (Å²) < 4.78 is 0.